The fourth-order valence-corrected chi connectivity index (χ4v) is 1.95. The van der Waals surface area contributed by atoms with Crippen LogP contribution < -0.4 is 10.6 Å². The molecule has 3 nitrogen and oxygen atoms in total. The van der Waals surface area contributed by atoms with Crippen LogP contribution in [-0.4, -0.2) is 17.6 Å². The van der Waals surface area contributed by atoms with Gasteiger partial charge in [0, 0.05) is 31.0 Å². The van der Waals surface area contributed by atoms with E-state index >= 15 is 0 Å². The van der Waals surface area contributed by atoms with Gasteiger partial charge in [0.15, 0.2) is 0 Å². The largest absolute Gasteiger partial charge is 0.369 e. The van der Waals surface area contributed by atoms with Crippen molar-refractivity contribution in [2.75, 3.05) is 11.4 Å². The molecule has 2 rings (SSSR count). The molecule has 1 aromatic rings. The van der Waals surface area contributed by atoms with Crippen LogP contribution in [0.3, 0.4) is 0 Å². The van der Waals surface area contributed by atoms with E-state index in [1.54, 1.807) is 0 Å². The molecule has 1 heterocycles. The molecule has 0 radical (unpaired) electrons. The van der Waals surface area contributed by atoms with Gasteiger partial charge in [-0.25, -0.2) is 0 Å². The molecule has 1 saturated carbocycles. The number of nitrogens with zero attached hydrogens (tertiary/aromatic N) is 2. The summed E-state index contributed by atoms with van der Waals surface area (Å²) < 4.78 is 0. The van der Waals surface area contributed by atoms with Crippen LogP contribution in [-0.2, 0) is 6.54 Å². The third-order valence-corrected chi connectivity index (χ3v) is 3.12. The molecule has 2 N–H and O–H groups in total. The van der Waals surface area contributed by atoms with Crippen LogP contribution >= 0.6 is 0 Å². The predicted molar refractivity (Wildman–Crippen MR) is 67.3 cm³/mol. The smallest absolute Gasteiger partial charge is 0.0560 e. The summed E-state index contributed by atoms with van der Waals surface area (Å²) in [7, 11) is 0. The van der Waals surface area contributed by atoms with E-state index in [9.17, 15) is 0 Å². The third-order valence-electron chi connectivity index (χ3n) is 3.12. The summed E-state index contributed by atoms with van der Waals surface area (Å²) in [6.07, 6.45) is 4.63. The second kappa shape index (κ2) is 4.83. The van der Waals surface area contributed by atoms with Crippen LogP contribution in [0.15, 0.2) is 18.3 Å². The van der Waals surface area contributed by atoms with Crippen LogP contribution in [0.1, 0.15) is 32.4 Å². The summed E-state index contributed by atoms with van der Waals surface area (Å²) in [5.74, 6) is 0.900. The number of hydrogen-bond donors (Lipinski definition) is 1. The van der Waals surface area contributed by atoms with Gasteiger partial charge in [-0.2, -0.15) is 0 Å². The first-order valence-electron chi connectivity index (χ1n) is 6.12. The van der Waals surface area contributed by atoms with Gasteiger partial charge < -0.3 is 10.6 Å². The van der Waals surface area contributed by atoms with Crippen molar-refractivity contribution in [3.63, 3.8) is 0 Å². The van der Waals surface area contributed by atoms with Crippen LogP contribution in [0.2, 0.25) is 0 Å². The SMILES string of the molecule is CC(C)N(CC1CC1)c1ccnc(CN)c1. The summed E-state index contributed by atoms with van der Waals surface area (Å²) >= 11 is 0. The van der Waals surface area contributed by atoms with E-state index in [1.807, 2.05) is 6.20 Å². The van der Waals surface area contributed by atoms with Crippen molar-refractivity contribution in [2.24, 2.45) is 11.7 Å². The first-order chi connectivity index (χ1) is 7.70. The summed E-state index contributed by atoms with van der Waals surface area (Å²) in [6, 6.07) is 4.73. The Morgan fingerprint density at radius 1 is 1.50 bits per heavy atom. The predicted octanol–water partition coefficient (Wildman–Crippen LogP) is 2.17. The van der Waals surface area contributed by atoms with Gasteiger partial charge in [-0.15, -0.1) is 0 Å². The zero-order chi connectivity index (χ0) is 11.5. The molecule has 3 heteroatoms. The quantitative estimate of drug-likeness (QED) is 0.825. The summed E-state index contributed by atoms with van der Waals surface area (Å²) in [5.41, 5.74) is 7.86. The van der Waals surface area contributed by atoms with Crippen molar-refractivity contribution in [1.82, 2.24) is 4.98 Å². The number of nitrogens with two attached hydrogens (primary N) is 1. The van der Waals surface area contributed by atoms with Crippen LogP contribution in [0.25, 0.3) is 0 Å². The van der Waals surface area contributed by atoms with Crippen molar-refractivity contribution in [3.05, 3.63) is 24.0 Å². The van der Waals surface area contributed by atoms with Crippen molar-refractivity contribution in [3.8, 4) is 0 Å². The van der Waals surface area contributed by atoms with Crippen molar-refractivity contribution in [2.45, 2.75) is 39.3 Å². The lowest BCUT2D eigenvalue weighted by Gasteiger charge is -2.29. The maximum absolute atomic E-state index is 5.63. The molecule has 0 saturated heterocycles. The first kappa shape index (κ1) is 11.4. The second-order valence-corrected chi connectivity index (χ2v) is 4.90. The van der Waals surface area contributed by atoms with Crippen molar-refractivity contribution < 1.29 is 0 Å². The molecule has 0 amide bonds. The van der Waals surface area contributed by atoms with E-state index in [0.717, 1.165) is 11.6 Å². The minimum Gasteiger partial charge on any atom is -0.369 e. The Bertz CT molecular complexity index is 345. The molecule has 1 aliphatic carbocycles. The maximum Gasteiger partial charge on any atom is 0.0560 e. The Kier molecular flexibility index (Phi) is 3.44. The monoisotopic (exact) mass is 219 g/mol. The third kappa shape index (κ3) is 2.73. The number of rotatable bonds is 5. The zero-order valence-electron chi connectivity index (χ0n) is 10.2. The Labute approximate surface area is 97.7 Å². The van der Waals surface area contributed by atoms with Crippen LogP contribution in [0, 0.1) is 5.92 Å². The second-order valence-electron chi connectivity index (χ2n) is 4.90. The van der Waals surface area contributed by atoms with Gasteiger partial charge in [0.25, 0.3) is 0 Å². The summed E-state index contributed by atoms with van der Waals surface area (Å²) in [6.45, 7) is 6.17. The van der Waals surface area contributed by atoms with Gasteiger partial charge in [0.05, 0.1) is 5.69 Å². The van der Waals surface area contributed by atoms with E-state index in [4.69, 9.17) is 5.73 Å². The highest BCUT2D eigenvalue weighted by atomic mass is 15.2. The molecule has 0 unspecified atom stereocenters. The number of aromatic nitrogens is 1. The Morgan fingerprint density at radius 3 is 2.81 bits per heavy atom. The summed E-state index contributed by atoms with van der Waals surface area (Å²) in [4.78, 5) is 6.70. The topological polar surface area (TPSA) is 42.2 Å². The molecule has 16 heavy (non-hydrogen) atoms. The molecule has 0 bridgehead atoms. The van der Waals surface area contributed by atoms with Gasteiger partial charge in [0.1, 0.15) is 0 Å². The molecule has 0 aliphatic heterocycles. The van der Waals surface area contributed by atoms with Crippen molar-refractivity contribution >= 4 is 5.69 Å². The number of hydrogen-bond acceptors (Lipinski definition) is 3. The minimum absolute atomic E-state index is 0.517. The molecule has 88 valence electrons. The van der Waals surface area contributed by atoms with E-state index in [-0.39, 0.29) is 0 Å². The zero-order valence-corrected chi connectivity index (χ0v) is 10.2. The standard InChI is InChI=1S/C13H21N3/c1-10(2)16(9-11-3-4-11)13-5-6-15-12(7-13)8-14/h5-7,10-11H,3-4,8-9,14H2,1-2H3. The molecule has 0 atom stereocenters. The van der Waals surface area contributed by atoms with E-state index in [1.165, 1.54) is 25.1 Å². The van der Waals surface area contributed by atoms with Gasteiger partial charge >= 0.3 is 0 Å². The van der Waals surface area contributed by atoms with Gasteiger partial charge in [-0.3, -0.25) is 4.98 Å². The molecular formula is C13H21N3. The Morgan fingerprint density at radius 2 is 2.25 bits per heavy atom. The highest BCUT2D eigenvalue weighted by Crippen LogP contribution is 2.32. The maximum atomic E-state index is 5.63. The summed E-state index contributed by atoms with van der Waals surface area (Å²) in [5, 5.41) is 0. The molecule has 1 fully saturated rings. The van der Waals surface area contributed by atoms with E-state index < -0.39 is 0 Å². The van der Waals surface area contributed by atoms with Gasteiger partial charge in [-0.05, 0) is 44.7 Å². The normalized spacial score (nSPS) is 15.5. The van der Waals surface area contributed by atoms with Gasteiger partial charge in [-0.1, -0.05) is 0 Å². The molecular weight excluding hydrogens is 198 g/mol. The fourth-order valence-electron chi connectivity index (χ4n) is 1.95. The van der Waals surface area contributed by atoms with E-state index in [0.29, 0.717) is 12.6 Å². The van der Waals surface area contributed by atoms with Crippen LogP contribution in [0.4, 0.5) is 5.69 Å². The Hall–Kier alpha value is -1.09. The average Bonchev–Trinajstić information content (AvgIpc) is 3.09. The van der Waals surface area contributed by atoms with E-state index in [2.05, 4.69) is 35.9 Å². The molecule has 1 aliphatic rings. The lowest BCUT2D eigenvalue weighted by molar-refractivity contribution is 0.643. The minimum atomic E-state index is 0.517. The van der Waals surface area contributed by atoms with Crippen LogP contribution in [0.5, 0.6) is 0 Å². The molecule has 1 aromatic heterocycles. The molecule has 0 aromatic carbocycles. The fraction of sp³-hybridized carbons (Fsp3) is 0.615. The van der Waals surface area contributed by atoms with Gasteiger partial charge in [0.2, 0.25) is 0 Å². The highest BCUT2D eigenvalue weighted by molar-refractivity contribution is 5.47. The van der Waals surface area contributed by atoms with Crippen molar-refractivity contribution in [1.29, 1.82) is 0 Å². The number of pyridine rings is 1. The average molecular weight is 219 g/mol. The lowest BCUT2D eigenvalue weighted by Crippen LogP contribution is -2.32. The number of anilines is 1. The highest BCUT2D eigenvalue weighted by Gasteiger charge is 2.25. The lowest BCUT2D eigenvalue weighted by atomic mass is 10.2. The molecule has 0 spiro atoms. The first-order valence-corrected chi connectivity index (χ1v) is 6.12. The Balaban J connectivity index is 2.15.